The van der Waals surface area contributed by atoms with Crippen LogP contribution in [-0.2, 0) is 14.3 Å². The van der Waals surface area contributed by atoms with Crippen LogP contribution < -0.4 is 0 Å². The van der Waals surface area contributed by atoms with Gasteiger partial charge in [0.15, 0.2) is 0 Å². The highest BCUT2D eigenvalue weighted by Crippen LogP contribution is 2.49. The number of aliphatic hydroxyl groups excluding tert-OH is 1. The maximum absolute atomic E-state index is 12.0. The summed E-state index contributed by atoms with van der Waals surface area (Å²) in [6.07, 6.45) is 1.86. The lowest BCUT2D eigenvalue weighted by atomic mass is 9.74. The van der Waals surface area contributed by atoms with Crippen molar-refractivity contribution >= 4 is 11.8 Å². The number of aliphatic hydroxyl groups is 2. The van der Waals surface area contributed by atoms with Gasteiger partial charge in [0.05, 0.1) is 18.6 Å². The van der Waals surface area contributed by atoms with Crippen molar-refractivity contribution in [3.8, 4) is 0 Å². The second-order valence-corrected chi connectivity index (χ2v) is 6.85. The monoisotopic (exact) mass is 284 g/mol. The predicted molar refractivity (Wildman–Crippen MR) is 71.8 cm³/mol. The lowest BCUT2D eigenvalue weighted by Gasteiger charge is -2.33. The molecule has 0 aromatic carbocycles. The Hall–Kier alpha value is -0.940. The summed E-state index contributed by atoms with van der Waals surface area (Å²) in [7, 11) is 0. The van der Waals surface area contributed by atoms with E-state index in [0.29, 0.717) is 19.3 Å². The Morgan fingerprint density at radius 3 is 2.65 bits per heavy atom. The van der Waals surface area contributed by atoms with Gasteiger partial charge in [0, 0.05) is 11.8 Å². The molecule has 0 unspecified atom stereocenters. The largest absolute Gasteiger partial charge is 0.456 e. The van der Waals surface area contributed by atoms with E-state index in [-0.39, 0.29) is 42.5 Å². The molecule has 1 saturated heterocycles. The molecule has 2 fully saturated rings. The number of rotatable bonds is 3. The van der Waals surface area contributed by atoms with Crippen LogP contribution in [0.3, 0.4) is 0 Å². The summed E-state index contributed by atoms with van der Waals surface area (Å²) < 4.78 is 5.40. The van der Waals surface area contributed by atoms with E-state index in [1.807, 2.05) is 0 Å². The van der Waals surface area contributed by atoms with Gasteiger partial charge in [0.2, 0.25) is 0 Å². The normalized spacial score (nSPS) is 38.0. The molecule has 0 bridgehead atoms. The van der Waals surface area contributed by atoms with Gasteiger partial charge in [-0.05, 0) is 46.0 Å². The van der Waals surface area contributed by atoms with Crippen molar-refractivity contribution in [3.63, 3.8) is 0 Å². The van der Waals surface area contributed by atoms with Crippen molar-refractivity contribution in [2.24, 2.45) is 17.8 Å². The number of carbonyl (C=O) groups is 2. The minimum absolute atomic E-state index is 0.00211. The molecule has 1 saturated carbocycles. The highest BCUT2D eigenvalue weighted by molar-refractivity contribution is 5.81. The van der Waals surface area contributed by atoms with Gasteiger partial charge in [-0.3, -0.25) is 9.59 Å². The number of hydrogen-bond donors (Lipinski definition) is 2. The summed E-state index contributed by atoms with van der Waals surface area (Å²) >= 11 is 0. The second-order valence-electron chi connectivity index (χ2n) is 6.85. The first kappa shape index (κ1) is 15.4. The third-order valence-electron chi connectivity index (χ3n) is 5.11. The highest BCUT2D eigenvalue weighted by atomic mass is 16.6. The lowest BCUT2D eigenvalue weighted by molar-refractivity contribution is -0.155. The quantitative estimate of drug-likeness (QED) is 0.757. The zero-order valence-corrected chi connectivity index (χ0v) is 12.4. The van der Waals surface area contributed by atoms with E-state index in [4.69, 9.17) is 4.74 Å². The van der Waals surface area contributed by atoms with Crippen LogP contribution in [0, 0.1) is 17.8 Å². The molecule has 0 radical (unpaired) electrons. The van der Waals surface area contributed by atoms with Gasteiger partial charge in [-0.15, -0.1) is 0 Å². The van der Waals surface area contributed by atoms with Gasteiger partial charge in [-0.1, -0.05) is 0 Å². The van der Waals surface area contributed by atoms with E-state index in [1.54, 1.807) is 13.8 Å². The average Bonchev–Trinajstić information content (AvgIpc) is 2.55. The van der Waals surface area contributed by atoms with E-state index in [9.17, 15) is 19.8 Å². The van der Waals surface area contributed by atoms with Crippen molar-refractivity contribution in [2.45, 2.75) is 57.7 Å². The van der Waals surface area contributed by atoms with E-state index in [1.165, 1.54) is 6.92 Å². The minimum Gasteiger partial charge on any atom is -0.456 e. The fraction of sp³-hybridized carbons (Fsp3) is 0.867. The third-order valence-corrected chi connectivity index (χ3v) is 5.11. The van der Waals surface area contributed by atoms with E-state index in [0.717, 1.165) is 0 Å². The van der Waals surface area contributed by atoms with Gasteiger partial charge in [-0.25, -0.2) is 0 Å². The van der Waals surface area contributed by atoms with Gasteiger partial charge in [-0.2, -0.15) is 0 Å². The molecule has 4 atom stereocenters. The van der Waals surface area contributed by atoms with Crippen molar-refractivity contribution in [3.05, 3.63) is 0 Å². The minimum atomic E-state index is -0.937. The number of esters is 1. The van der Waals surface area contributed by atoms with Crippen LogP contribution in [0.2, 0.25) is 0 Å². The molecule has 5 nitrogen and oxygen atoms in total. The van der Waals surface area contributed by atoms with Gasteiger partial charge >= 0.3 is 5.97 Å². The standard InChI is InChI=1S/C15H24O5/c1-9(17)11-6-10(14(2,3)19)4-5-15(8-16)12(11)7-13(18)20-15/h10-12,16,19H,4-8H2,1-3H3/t10-,11+,12+,15+/m1/s1. The Kier molecular flexibility index (Phi) is 3.95. The fourth-order valence-corrected chi connectivity index (χ4v) is 3.78. The Morgan fingerprint density at radius 2 is 2.15 bits per heavy atom. The smallest absolute Gasteiger partial charge is 0.306 e. The zero-order valence-electron chi connectivity index (χ0n) is 12.4. The van der Waals surface area contributed by atoms with Crippen molar-refractivity contribution < 1.29 is 24.5 Å². The summed E-state index contributed by atoms with van der Waals surface area (Å²) in [5.41, 5.74) is -1.82. The fourth-order valence-electron chi connectivity index (χ4n) is 3.78. The number of ketones is 1. The molecule has 5 heteroatoms. The molecule has 114 valence electrons. The molecule has 0 aromatic heterocycles. The molecule has 2 aliphatic rings. The number of fused-ring (bicyclic) bond motifs is 1. The van der Waals surface area contributed by atoms with E-state index >= 15 is 0 Å². The Bertz CT molecular complexity index is 411. The van der Waals surface area contributed by atoms with Crippen LogP contribution in [0.1, 0.15) is 46.5 Å². The molecule has 1 heterocycles. The molecule has 0 aromatic rings. The number of hydrogen-bond acceptors (Lipinski definition) is 5. The molecular weight excluding hydrogens is 260 g/mol. The van der Waals surface area contributed by atoms with Gasteiger partial charge in [0.1, 0.15) is 11.4 Å². The maximum atomic E-state index is 12.0. The molecule has 20 heavy (non-hydrogen) atoms. The molecule has 2 N–H and O–H groups in total. The molecule has 2 rings (SSSR count). The average molecular weight is 284 g/mol. The molecule has 0 spiro atoms. The number of Topliss-reactive ketones (excluding diaryl/α,β-unsaturated/α-hetero) is 1. The first-order valence-electron chi connectivity index (χ1n) is 7.25. The summed E-state index contributed by atoms with van der Waals surface area (Å²) in [4.78, 5) is 23.6. The van der Waals surface area contributed by atoms with Crippen LogP contribution in [0.15, 0.2) is 0 Å². The van der Waals surface area contributed by atoms with E-state index < -0.39 is 11.2 Å². The second kappa shape index (κ2) is 5.11. The van der Waals surface area contributed by atoms with Crippen LogP contribution in [0.4, 0.5) is 0 Å². The SMILES string of the molecule is CC(=O)[C@@H]1C[C@H](C(C)(C)O)CC[C@@]2(CO)OC(=O)C[C@@H]12. The van der Waals surface area contributed by atoms with E-state index in [2.05, 4.69) is 0 Å². The van der Waals surface area contributed by atoms with Crippen molar-refractivity contribution in [2.75, 3.05) is 6.61 Å². The molecule has 1 aliphatic carbocycles. The van der Waals surface area contributed by atoms with Crippen LogP contribution in [0.5, 0.6) is 0 Å². The first-order valence-corrected chi connectivity index (χ1v) is 7.25. The Morgan fingerprint density at radius 1 is 1.50 bits per heavy atom. The zero-order chi connectivity index (χ0) is 15.1. The van der Waals surface area contributed by atoms with Crippen LogP contribution >= 0.6 is 0 Å². The van der Waals surface area contributed by atoms with Crippen molar-refractivity contribution in [1.29, 1.82) is 0 Å². The van der Waals surface area contributed by atoms with Gasteiger partial charge < -0.3 is 14.9 Å². The summed E-state index contributed by atoms with van der Waals surface area (Å²) in [6.45, 7) is 4.75. The Labute approximate surface area is 119 Å². The highest BCUT2D eigenvalue weighted by Gasteiger charge is 2.55. The molecule has 0 amide bonds. The lowest BCUT2D eigenvalue weighted by Crippen LogP contribution is -2.43. The molecule has 1 aliphatic heterocycles. The third kappa shape index (κ3) is 2.61. The number of ether oxygens (including phenoxy) is 1. The molecular formula is C15H24O5. The topological polar surface area (TPSA) is 83.8 Å². The van der Waals surface area contributed by atoms with Crippen LogP contribution in [0.25, 0.3) is 0 Å². The number of carbonyl (C=O) groups excluding carboxylic acids is 2. The summed E-state index contributed by atoms with van der Waals surface area (Å²) in [5.74, 6) is -0.985. The Balaban J connectivity index is 2.36. The van der Waals surface area contributed by atoms with Crippen LogP contribution in [-0.4, -0.2) is 39.8 Å². The summed E-state index contributed by atoms with van der Waals surface area (Å²) in [5, 5.41) is 20.0. The maximum Gasteiger partial charge on any atom is 0.306 e. The first-order chi connectivity index (χ1) is 9.19. The summed E-state index contributed by atoms with van der Waals surface area (Å²) in [6, 6.07) is 0. The van der Waals surface area contributed by atoms with Crippen molar-refractivity contribution in [1.82, 2.24) is 0 Å². The van der Waals surface area contributed by atoms with Gasteiger partial charge in [0.25, 0.3) is 0 Å². The predicted octanol–water partition coefficient (Wildman–Crippen LogP) is 1.06.